The minimum Gasteiger partial charge on any atom is -0.455 e. The van der Waals surface area contributed by atoms with E-state index in [-0.39, 0.29) is 22.8 Å². The summed E-state index contributed by atoms with van der Waals surface area (Å²) >= 11 is 0. The van der Waals surface area contributed by atoms with Crippen molar-refractivity contribution < 1.29 is 31.2 Å². The van der Waals surface area contributed by atoms with Crippen LogP contribution in [0.4, 0.5) is 15.8 Å². The smallest absolute Gasteiger partial charge is 0.255 e. The van der Waals surface area contributed by atoms with E-state index in [4.69, 9.17) is 8.83 Å². The molecule has 0 aliphatic heterocycles. The summed E-state index contributed by atoms with van der Waals surface area (Å²) in [6.07, 6.45) is 1.09. The number of halogens is 1. The first-order valence-electron chi connectivity index (χ1n) is 15.4. The summed E-state index contributed by atoms with van der Waals surface area (Å²) in [5.41, 5.74) is 5.05. The van der Waals surface area contributed by atoms with Crippen LogP contribution >= 0.6 is 0 Å². The number of anilines is 2. The zero-order valence-electron chi connectivity index (χ0n) is 27.0. The van der Waals surface area contributed by atoms with Gasteiger partial charge in [0.05, 0.1) is 17.5 Å². The molecule has 7 aromatic rings. The zero-order chi connectivity index (χ0) is 35.2. The van der Waals surface area contributed by atoms with E-state index in [1.54, 1.807) is 60.7 Å². The summed E-state index contributed by atoms with van der Waals surface area (Å²) in [6.45, 7) is 0. The summed E-state index contributed by atoms with van der Waals surface area (Å²) in [6, 6.07) is 30.1. The monoisotopic (exact) mass is 688 g/mol. The third-order valence-corrected chi connectivity index (χ3v) is 9.50. The minimum absolute atomic E-state index is 0.212. The number of sulfonamides is 1. The number of nitrogens with zero attached hydrogens (tertiary/aromatic N) is 2. The summed E-state index contributed by atoms with van der Waals surface area (Å²) < 4.78 is 52.9. The van der Waals surface area contributed by atoms with Crippen LogP contribution in [0.1, 0.15) is 20.7 Å². The molecule has 2 aromatic heterocycles. The highest BCUT2D eigenvalue weighted by molar-refractivity contribution is 7.92. The molecule has 0 aliphatic carbocycles. The Morgan fingerprint density at radius 1 is 0.780 bits per heavy atom. The predicted octanol–water partition coefficient (Wildman–Crippen LogP) is 7.72. The first-order valence-corrected chi connectivity index (χ1v) is 17.3. The molecule has 7 rings (SSSR count). The molecule has 50 heavy (non-hydrogen) atoms. The Hall–Kier alpha value is -6.27. The zero-order valence-corrected chi connectivity index (χ0v) is 27.8. The Morgan fingerprint density at radius 2 is 1.52 bits per heavy atom. The van der Waals surface area contributed by atoms with Crippen LogP contribution in [-0.2, 0) is 10.0 Å². The lowest BCUT2D eigenvalue weighted by Crippen LogP contribution is -2.25. The quantitative estimate of drug-likeness (QED) is 0.167. The number of oxazole rings is 1. The molecular weight excluding hydrogens is 660 g/mol. The summed E-state index contributed by atoms with van der Waals surface area (Å²) in [4.78, 5) is 30.6. The molecule has 0 spiro atoms. The number of nitrogens with one attached hydrogen (secondary N) is 2. The molecule has 2 N–H and O–H groups in total. The number of carbonyl (C=O) groups is 2. The summed E-state index contributed by atoms with van der Waals surface area (Å²) in [5, 5.41) is 5.95. The van der Waals surface area contributed by atoms with Crippen molar-refractivity contribution in [2.75, 3.05) is 30.0 Å². The third kappa shape index (κ3) is 6.08. The first-order chi connectivity index (χ1) is 24.0. The van der Waals surface area contributed by atoms with Gasteiger partial charge in [-0.3, -0.25) is 13.9 Å². The molecule has 0 fully saturated rings. The summed E-state index contributed by atoms with van der Waals surface area (Å²) in [7, 11) is -0.811. The molecule has 2 amide bonds. The Kier molecular flexibility index (Phi) is 8.16. The molecule has 10 nitrogen and oxygen atoms in total. The topological polar surface area (TPSA) is 135 Å². The van der Waals surface area contributed by atoms with Crippen LogP contribution in [-0.4, -0.2) is 45.6 Å². The molecule has 0 unspecified atom stereocenters. The van der Waals surface area contributed by atoms with Crippen molar-refractivity contribution >= 4 is 55.3 Å². The largest absolute Gasteiger partial charge is 0.455 e. The molecular formula is C38H29FN4O6S. The number of hydrogen-bond acceptors (Lipinski definition) is 7. The highest BCUT2D eigenvalue weighted by Crippen LogP contribution is 2.42. The van der Waals surface area contributed by atoms with E-state index in [0.29, 0.717) is 61.6 Å². The van der Waals surface area contributed by atoms with Crippen molar-refractivity contribution in [2.45, 2.75) is 0 Å². The van der Waals surface area contributed by atoms with E-state index in [9.17, 15) is 22.4 Å². The van der Waals surface area contributed by atoms with Crippen molar-refractivity contribution in [1.82, 2.24) is 10.3 Å². The third-order valence-electron chi connectivity index (χ3n) is 8.31. The number of rotatable bonds is 8. The van der Waals surface area contributed by atoms with Gasteiger partial charge in [0.25, 0.3) is 11.8 Å². The van der Waals surface area contributed by atoms with Gasteiger partial charge in [-0.25, -0.2) is 17.8 Å². The van der Waals surface area contributed by atoms with Crippen LogP contribution in [0.3, 0.4) is 0 Å². The van der Waals surface area contributed by atoms with Gasteiger partial charge in [-0.1, -0.05) is 30.3 Å². The number of benzene rings is 5. The lowest BCUT2D eigenvalue weighted by atomic mass is 9.97. The first kappa shape index (κ1) is 32.3. The maximum atomic E-state index is 13.8. The van der Waals surface area contributed by atoms with Gasteiger partial charge in [0, 0.05) is 59.6 Å². The average Bonchev–Trinajstić information content (AvgIpc) is 3.72. The van der Waals surface area contributed by atoms with E-state index in [0.717, 1.165) is 10.6 Å². The number of carbonyl (C=O) groups excluding carboxylic acids is 2. The van der Waals surface area contributed by atoms with Gasteiger partial charge in [0.2, 0.25) is 15.9 Å². The maximum Gasteiger partial charge on any atom is 0.255 e. The number of furan rings is 1. The number of fused-ring (bicyclic) bond motifs is 2. The van der Waals surface area contributed by atoms with Crippen LogP contribution in [0, 0.1) is 5.82 Å². The van der Waals surface area contributed by atoms with Crippen LogP contribution in [0.15, 0.2) is 118 Å². The number of amides is 2. The second kappa shape index (κ2) is 12.6. The molecule has 0 radical (unpaired) electrons. The van der Waals surface area contributed by atoms with E-state index in [2.05, 4.69) is 15.6 Å². The van der Waals surface area contributed by atoms with Gasteiger partial charge < -0.3 is 19.5 Å². The highest BCUT2D eigenvalue weighted by atomic mass is 32.2. The van der Waals surface area contributed by atoms with Crippen LogP contribution in [0.5, 0.6) is 0 Å². The van der Waals surface area contributed by atoms with Gasteiger partial charge in [-0.15, -0.1) is 0 Å². The molecule has 0 aliphatic rings. The van der Waals surface area contributed by atoms with Crippen LogP contribution < -0.4 is 14.9 Å². The lowest BCUT2D eigenvalue weighted by Gasteiger charge is -2.21. The van der Waals surface area contributed by atoms with Gasteiger partial charge in [0.1, 0.15) is 22.7 Å². The predicted molar refractivity (Wildman–Crippen MR) is 191 cm³/mol. The SMILES string of the molecule is CNC(=O)c1c(-c2ccc(F)cc2)oc2cc(N(C)S(C)(=O)=O)c(-c3cccc(-c4nc5ccc(NC(=O)c6ccccc6)cc5o4)c3)cc12. The second-order valence-corrected chi connectivity index (χ2v) is 13.6. The van der Waals surface area contributed by atoms with E-state index in [1.807, 2.05) is 24.3 Å². The van der Waals surface area contributed by atoms with E-state index >= 15 is 0 Å². The van der Waals surface area contributed by atoms with Gasteiger partial charge in [-0.2, -0.15) is 0 Å². The molecule has 0 saturated heterocycles. The van der Waals surface area contributed by atoms with E-state index < -0.39 is 21.7 Å². The molecule has 0 bridgehead atoms. The summed E-state index contributed by atoms with van der Waals surface area (Å²) in [5.74, 6) is -0.617. The van der Waals surface area contributed by atoms with Crippen molar-refractivity contribution in [3.63, 3.8) is 0 Å². The van der Waals surface area contributed by atoms with Gasteiger partial charge in [0.15, 0.2) is 5.58 Å². The maximum absolute atomic E-state index is 13.8. The molecule has 5 aromatic carbocycles. The number of hydrogen-bond donors (Lipinski definition) is 2. The van der Waals surface area contributed by atoms with Crippen molar-refractivity contribution in [2.24, 2.45) is 0 Å². The van der Waals surface area contributed by atoms with Crippen LogP contribution in [0.25, 0.3) is 56.0 Å². The fourth-order valence-electron chi connectivity index (χ4n) is 5.70. The van der Waals surface area contributed by atoms with Crippen molar-refractivity contribution in [3.05, 3.63) is 126 Å². The van der Waals surface area contributed by atoms with Gasteiger partial charge in [-0.05, 0) is 72.3 Å². The Bertz CT molecular complexity index is 2540. The van der Waals surface area contributed by atoms with Gasteiger partial charge >= 0.3 is 0 Å². The fraction of sp³-hybridized carbons (Fsp3) is 0.0789. The molecule has 12 heteroatoms. The molecule has 2 heterocycles. The van der Waals surface area contributed by atoms with Crippen molar-refractivity contribution in [3.8, 4) is 33.9 Å². The average molecular weight is 689 g/mol. The van der Waals surface area contributed by atoms with Crippen LogP contribution in [0.2, 0.25) is 0 Å². The molecule has 0 saturated carbocycles. The Morgan fingerprint density at radius 3 is 2.24 bits per heavy atom. The van der Waals surface area contributed by atoms with E-state index in [1.165, 1.54) is 38.4 Å². The second-order valence-electron chi connectivity index (χ2n) is 11.6. The normalized spacial score (nSPS) is 11.5. The van der Waals surface area contributed by atoms with Crippen molar-refractivity contribution in [1.29, 1.82) is 0 Å². The fourth-order valence-corrected chi connectivity index (χ4v) is 6.20. The Labute approximate surface area is 286 Å². The lowest BCUT2D eigenvalue weighted by molar-refractivity contribution is 0.0963. The molecule has 250 valence electrons. The Balaban J connectivity index is 1.33. The number of aromatic nitrogens is 1. The highest BCUT2D eigenvalue weighted by Gasteiger charge is 2.26. The minimum atomic E-state index is -3.74. The molecule has 0 atom stereocenters. The standard InChI is InChI=1S/C38H29FN4O6S/c1-40-37(45)34-29-20-28(31(43(2)50(3,46)47)21-32(29)48-35(34)22-12-14-26(39)15-13-22)24-10-7-11-25(18-24)38-42-30-17-16-27(19-33(30)49-38)41-36(44)23-8-5-4-6-9-23/h4-21H,1-3H3,(H,40,45)(H,41,44).